The second-order valence-electron chi connectivity index (χ2n) is 2.34. The standard InChI is InChI=1S/C9H11FO/c1-2-6-11-9-5-3-4-8(10)7-9/h2-5,8H,1,6-7H2. The molecule has 0 aliphatic heterocycles. The van der Waals surface area contributed by atoms with Gasteiger partial charge in [-0.3, -0.25) is 0 Å². The van der Waals surface area contributed by atoms with Crippen LogP contribution >= 0.6 is 0 Å². The minimum absolute atomic E-state index is 0.352. The fourth-order valence-electron chi connectivity index (χ4n) is 0.885. The van der Waals surface area contributed by atoms with Gasteiger partial charge in [0.1, 0.15) is 12.8 Å². The van der Waals surface area contributed by atoms with Crippen LogP contribution in [0.15, 0.2) is 36.6 Å². The van der Waals surface area contributed by atoms with Crippen LogP contribution < -0.4 is 0 Å². The van der Waals surface area contributed by atoms with Crippen molar-refractivity contribution in [3.05, 3.63) is 36.6 Å². The van der Waals surface area contributed by atoms with Gasteiger partial charge in [0, 0.05) is 6.42 Å². The molecule has 60 valence electrons. The van der Waals surface area contributed by atoms with Gasteiger partial charge in [-0.2, -0.15) is 0 Å². The van der Waals surface area contributed by atoms with E-state index in [-0.39, 0.29) is 0 Å². The summed E-state index contributed by atoms with van der Waals surface area (Å²) in [6, 6.07) is 0. The summed E-state index contributed by atoms with van der Waals surface area (Å²) < 4.78 is 17.8. The topological polar surface area (TPSA) is 9.23 Å². The van der Waals surface area contributed by atoms with E-state index in [4.69, 9.17) is 4.74 Å². The van der Waals surface area contributed by atoms with E-state index in [1.54, 1.807) is 18.2 Å². The summed E-state index contributed by atoms with van der Waals surface area (Å²) >= 11 is 0. The quantitative estimate of drug-likeness (QED) is 0.567. The minimum atomic E-state index is -0.889. The summed E-state index contributed by atoms with van der Waals surface area (Å²) in [7, 11) is 0. The second-order valence-corrected chi connectivity index (χ2v) is 2.34. The van der Waals surface area contributed by atoms with Gasteiger partial charge in [-0.05, 0) is 6.08 Å². The van der Waals surface area contributed by atoms with Crippen molar-refractivity contribution in [3.63, 3.8) is 0 Å². The summed E-state index contributed by atoms with van der Waals surface area (Å²) in [4.78, 5) is 0. The van der Waals surface area contributed by atoms with Gasteiger partial charge in [0.05, 0.1) is 5.76 Å². The molecule has 1 rings (SSSR count). The number of hydrogen-bond donors (Lipinski definition) is 0. The Hall–Kier alpha value is -1.05. The molecule has 0 aromatic carbocycles. The number of hydrogen-bond acceptors (Lipinski definition) is 1. The van der Waals surface area contributed by atoms with E-state index >= 15 is 0 Å². The van der Waals surface area contributed by atoms with Crippen LogP contribution in [0.25, 0.3) is 0 Å². The van der Waals surface area contributed by atoms with Crippen LogP contribution in [-0.2, 0) is 4.74 Å². The smallest absolute Gasteiger partial charge is 0.126 e. The molecule has 0 N–H and O–H groups in total. The van der Waals surface area contributed by atoms with Gasteiger partial charge in [-0.25, -0.2) is 4.39 Å². The summed E-state index contributed by atoms with van der Waals surface area (Å²) in [5.74, 6) is 0.694. The highest BCUT2D eigenvalue weighted by molar-refractivity contribution is 5.16. The number of halogens is 1. The van der Waals surface area contributed by atoms with Crippen LogP contribution in [0, 0.1) is 0 Å². The lowest BCUT2D eigenvalue weighted by Crippen LogP contribution is -2.04. The van der Waals surface area contributed by atoms with E-state index in [1.807, 2.05) is 0 Å². The fourth-order valence-corrected chi connectivity index (χ4v) is 0.885. The Bertz CT molecular complexity index is 194. The summed E-state index contributed by atoms with van der Waals surface area (Å²) in [6.07, 6.45) is 6.07. The Morgan fingerprint density at radius 3 is 3.27 bits per heavy atom. The van der Waals surface area contributed by atoms with Gasteiger partial charge in [0.15, 0.2) is 0 Å². The predicted octanol–water partition coefficient (Wildman–Crippen LogP) is 2.37. The molecule has 0 heterocycles. The Morgan fingerprint density at radius 1 is 1.82 bits per heavy atom. The van der Waals surface area contributed by atoms with Gasteiger partial charge < -0.3 is 4.74 Å². The Morgan fingerprint density at radius 2 is 2.64 bits per heavy atom. The lowest BCUT2D eigenvalue weighted by atomic mass is 10.1. The van der Waals surface area contributed by atoms with Crippen molar-refractivity contribution >= 4 is 0 Å². The van der Waals surface area contributed by atoms with E-state index in [2.05, 4.69) is 6.58 Å². The molecule has 0 fully saturated rings. The molecular weight excluding hydrogens is 143 g/mol. The van der Waals surface area contributed by atoms with Crippen molar-refractivity contribution in [2.24, 2.45) is 0 Å². The first kappa shape index (κ1) is 8.05. The van der Waals surface area contributed by atoms with Gasteiger partial charge in [-0.15, -0.1) is 0 Å². The first-order valence-electron chi connectivity index (χ1n) is 3.58. The van der Waals surface area contributed by atoms with Crippen molar-refractivity contribution < 1.29 is 9.13 Å². The molecule has 0 spiro atoms. The Labute approximate surface area is 65.9 Å². The van der Waals surface area contributed by atoms with E-state index in [9.17, 15) is 4.39 Å². The molecule has 1 aliphatic carbocycles. The number of alkyl halides is 1. The van der Waals surface area contributed by atoms with Crippen LogP contribution in [0.2, 0.25) is 0 Å². The SMILES string of the molecule is C=CCOC1=CC=CC(F)C1. The summed E-state index contributed by atoms with van der Waals surface area (Å²) in [6.45, 7) is 3.95. The van der Waals surface area contributed by atoms with Crippen LogP contribution in [-0.4, -0.2) is 12.8 Å². The first-order chi connectivity index (χ1) is 5.33. The lowest BCUT2D eigenvalue weighted by Gasteiger charge is -2.11. The minimum Gasteiger partial charge on any atom is -0.494 e. The summed E-state index contributed by atoms with van der Waals surface area (Å²) in [5.41, 5.74) is 0. The third kappa shape index (κ3) is 2.58. The van der Waals surface area contributed by atoms with Crippen LogP contribution in [0.3, 0.4) is 0 Å². The maximum atomic E-state index is 12.6. The molecule has 0 amide bonds. The average molecular weight is 154 g/mol. The van der Waals surface area contributed by atoms with Gasteiger partial charge in [0.25, 0.3) is 0 Å². The normalized spacial score (nSPS) is 22.6. The molecule has 0 aromatic heterocycles. The average Bonchev–Trinajstić information content (AvgIpc) is 2.01. The maximum Gasteiger partial charge on any atom is 0.126 e. The zero-order valence-electron chi connectivity index (χ0n) is 6.29. The highest BCUT2D eigenvalue weighted by atomic mass is 19.1. The maximum absolute atomic E-state index is 12.6. The highest BCUT2D eigenvalue weighted by Crippen LogP contribution is 2.15. The number of ether oxygens (including phenoxy) is 1. The molecule has 0 saturated heterocycles. The number of rotatable bonds is 3. The lowest BCUT2D eigenvalue weighted by molar-refractivity contribution is 0.215. The van der Waals surface area contributed by atoms with Gasteiger partial charge in [-0.1, -0.05) is 24.8 Å². The van der Waals surface area contributed by atoms with Crippen molar-refractivity contribution in [2.75, 3.05) is 6.61 Å². The van der Waals surface area contributed by atoms with E-state index in [1.165, 1.54) is 6.08 Å². The van der Waals surface area contributed by atoms with Crippen LogP contribution in [0.5, 0.6) is 0 Å². The molecule has 0 saturated carbocycles. The largest absolute Gasteiger partial charge is 0.494 e. The first-order valence-corrected chi connectivity index (χ1v) is 3.58. The van der Waals surface area contributed by atoms with Gasteiger partial charge >= 0.3 is 0 Å². The Balaban J connectivity index is 2.39. The van der Waals surface area contributed by atoms with Crippen molar-refractivity contribution in [3.8, 4) is 0 Å². The van der Waals surface area contributed by atoms with Crippen molar-refractivity contribution in [2.45, 2.75) is 12.6 Å². The summed E-state index contributed by atoms with van der Waals surface area (Å²) in [5, 5.41) is 0. The van der Waals surface area contributed by atoms with Crippen molar-refractivity contribution in [1.29, 1.82) is 0 Å². The molecule has 0 aromatic rings. The molecule has 11 heavy (non-hydrogen) atoms. The Kier molecular flexibility index (Phi) is 2.90. The van der Waals surface area contributed by atoms with Crippen molar-refractivity contribution in [1.82, 2.24) is 0 Å². The fraction of sp³-hybridized carbons (Fsp3) is 0.333. The predicted molar refractivity (Wildman–Crippen MR) is 42.9 cm³/mol. The van der Waals surface area contributed by atoms with Crippen LogP contribution in [0.4, 0.5) is 4.39 Å². The van der Waals surface area contributed by atoms with E-state index in [0.717, 1.165) is 0 Å². The molecule has 1 atom stereocenters. The molecule has 0 bridgehead atoms. The third-order valence-corrected chi connectivity index (χ3v) is 1.38. The molecule has 1 nitrogen and oxygen atoms in total. The zero-order chi connectivity index (χ0) is 8.10. The monoisotopic (exact) mass is 154 g/mol. The molecule has 2 heteroatoms. The molecule has 1 unspecified atom stereocenters. The molecule has 0 radical (unpaired) electrons. The number of allylic oxidation sites excluding steroid dienone is 4. The second kappa shape index (κ2) is 3.96. The highest BCUT2D eigenvalue weighted by Gasteiger charge is 2.09. The van der Waals surface area contributed by atoms with E-state index < -0.39 is 6.17 Å². The van der Waals surface area contributed by atoms with E-state index in [0.29, 0.717) is 18.8 Å². The van der Waals surface area contributed by atoms with Crippen LogP contribution in [0.1, 0.15) is 6.42 Å². The molecular formula is C9H11FO. The third-order valence-electron chi connectivity index (χ3n) is 1.38. The van der Waals surface area contributed by atoms with Gasteiger partial charge in [0.2, 0.25) is 0 Å². The zero-order valence-corrected chi connectivity index (χ0v) is 6.29. The molecule has 1 aliphatic rings.